The summed E-state index contributed by atoms with van der Waals surface area (Å²) in [5, 5.41) is 12.7. The first kappa shape index (κ1) is 11.9. The van der Waals surface area contributed by atoms with Crippen LogP contribution in [0, 0.1) is 5.92 Å². The van der Waals surface area contributed by atoms with Gasteiger partial charge in [-0.1, -0.05) is 0 Å². The number of carbonyl (C=O) groups is 1. The molecule has 0 radical (unpaired) electrons. The van der Waals surface area contributed by atoms with Gasteiger partial charge < -0.3 is 10.4 Å². The van der Waals surface area contributed by atoms with Crippen molar-refractivity contribution in [1.29, 1.82) is 0 Å². The van der Waals surface area contributed by atoms with E-state index in [2.05, 4.69) is 20.3 Å². The van der Waals surface area contributed by atoms with Crippen LogP contribution < -0.4 is 5.32 Å². The standard InChI is InChI=1S/C11H16N4O2/c1-11(10(16)17,8-2-4-12-5-3-8)9-14-6-13-7-15-9/h6-8,12H,2-5H2,1H3,(H,16,17). The van der Waals surface area contributed by atoms with Crippen molar-refractivity contribution in [2.75, 3.05) is 13.1 Å². The second-order valence-corrected chi connectivity index (χ2v) is 4.49. The molecule has 0 aliphatic carbocycles. The lowest BCUT2D eigenvalue weighted by atomic mass is 9.72. The van der Waals surface area contributed by atoms with E-state index in [1.165, 1.54) is 12.7 Å². The quantitative estimate of drug-likeness (QED) is 0.780. The molecule has 2 heterocycles. The Morgan fingerprint density at radius 3 is 2.53 bits per heavy atom. The van der Waals surface area contributed by atoms with Crippen LogP contribution in [0.1, 0.15) is 25.6 Å². The molecule has 1 saturated heterocycles. The maximum atomic E-state index is 11.6. The Kier molecular flexibility index (Phi) is 3.33. The molecule has 6 heteroatoms. The summed E-state index contributed by atoms with van der Waals surface area (Å²) in [6.07, 6.45) is 4.36. The molecule has 0 spiro atoms. The van der Waals surface area contributed by atoms with Crippen molar-refractivity contribution in [2.24, 2.45) is 5.92 Å². The number of carboxylic acids is 1. The zero-order chi connectivity index (χ0) is 12.3. The number of rotatable bonds is 3. The fourth-order valence-electron chi connectivity index (χ4n) is 2.36. The lowest BCUT2D eigenvalue weighted by molar-refractivity contribution is -0.146. The van der Waals surface area contributed by atoms with E-state index in [0.29, 0.717) is 5.82 Å². The van der Waals surface area contributed by atoms with Crippen molar-refractivity contribution < 1.29 is 9.90 Å². The molecule has 1 aromatic heterocycles. The molecule has 0 bridgehead atoms. The van der Waals surface area contributed by atoms with Gasteiger partial charge in [0.1, 0.15) is 23.9 Å². The van der Waals surface area contributed by atoms with Gasteiger partial charge >= 0.3 is 5.97 Å². The summed E-state index contributed by atoms with van der Waals surface area (Å²) >= 11 is 0. The Morgan fingerprint density at radius 1 is 1.41 bits per heavy atom. The maximum Gasteiger partial charge on any atom is 0.317 e. The van der Waals surface area contributed by atoms with E-state index >= 15 is 0 Å². The Labute approximate surface area is 99.5 Å². The van der Waals surface area contributed by atoms with Gasteiger partial charge in [0.15, 0.2) is 0 Å². The van der Waals surface area contributed by atoms with Crippen LogP contribution in [0.15, 0.2) is 12.7 Å². The van der Waals surface area contributed by atoms with E-state index in [1.54, 1.807) is 6.92 Å². The third kappa shape index (κ3) is 2.12. The largest absolute Gasteiger partial charge is 0.480 e. The summed E-state index contributed by atoms with van der Waals surface area (Å²) in [4.78, 5) is 23.4. The van der Waals surface area contributed by atoms with E-state index in [1.807, 2.05) is 0 Å². The van der Waals surface area contributed by atoms with E-state index in [9.17, 15) is 9.90 Å². The third-order valence-electron chi connectivity index (χ3n) is 3.56. The molecular weight excluding hydrogens is 220 g/mol. The van der Waals surface area contributed by atoms with Gasteiger partial charge in [-0.15, -0.1) is 0 Å². The van der Waals surface area contributed by atoms with E-state index in [-0.39, 0.29) is 5.92 Å². The van der Waals surface area contributed by atoms with Crippen LogP contribution in [0.5, 0.6) is 0 Å². The number of carboxylic acid groups (broad SMARTS) is 1. The predicted molar refractivity (Wildman–Crippen MR) is 60.4 cm³/mol. The number of hydrogen-bond donors (Lipinski definition) is 2. The van der Waals surface area contributed by atoms with Crippen LogP contribution in [-0.2, 0) is 10.2 Å². The number of hydrogen-bond acceptors (Lipinski definition) is 5. The number of nitrogens with one attached hydrogen (secondary N) is 1. The molecule has 1 fully saturated rings. The maximum absolute atomic E-state index is 11.6. The zero-order valence-electron chi connectivity index (χ0n) is 9.76. The van der Waals surface area contributed by atoms with Crippen molar-refractivity contribution in [3.63, 3.8) is 0 Å². The summed E-state index contributed by atoms with van der Waals surface area (Å²) in [7, 11) is 0. The summed E-state index contributed by atoms with van der Waals surface area (Å²) < 4.78 is 0. The highest BCUT2D eigenvalue weighted by Crippen LogP contribution is 2.35. The van der Waals surface area contributed by atoms with Crippen molar-refractivity contribution >= 4 is 5.97 Å². The monoisotopic (exact) mass is 236 g/mol. The number of aromatic nitrogens is 3. The topological polar surface area (TPSA) is 88.0 Å². The summed E-state index contributed by atoms with van der Waals surface area (Å²) in [6, 6.07) is 0. The van der Waals surface area contributed by atoms with Crippen molar-refractivity contribution in [3.8, 4) is 0 Å². The van der Waals surface area contributed by atoms with Crippen LogP contribution in [-0.4, -0.2) is 39.1 Å². The number of piperidine rings is 1. The molecule has 2 N–H and O–H groups in total. The molecule has 1 unspecified atom stereocenters. The molecule has 1 aliphatic rings. The highest BCUT2D eigenvalue weighted by molar-refractivity contribution is 5.80. The van der Waals surface area contributed by atoms with Crippen LogP contribution >= 0.6 is 0 Å². The second-order valence-electron chi connectivity index (χ2n) is 4.49. The average Bonchev–Trinajstić information content (AvgIpc) is 2.39. The minimum Gasteiger partial charge on any atom is -0.480 e. The van der Waals surface area contributed by atoms with Gasteiger partial charge in [0.05, 0.1) is 0 Å². The smallest absolute Gasteiger partial charge is 0.317 e. The lowest BCUT2D eigenvalue weighted by Gasteiger charge is -2.35. The number of aliphatic carboxylic acids is 1. The fourth-order valence-corrected chi connectivity index (χ4v) is 2.36. The van der Waals surface area contributed by atoms with Crippen LogP contribution in [0.4, 0.5) is 0 Å². The van der Waals surface area contributed by atoms with Gasteiger partial charge in [-0.3, -0.25) is 4.79 Å². The molecule has 0 saturated carbocycles. The zero-order valence-corrected chi connectivity index (χ0v) is 9.76. The molecule has 92 valence electrons. The molecular formula is C11H16N4O2. The summed E-state index contributed by atoms with van der Waals surface area (Å²) in [6.45, 7) is 3.40. The molecule has 0 amide bonds. The Hall–Kier alpha value is -1.56. The molecule has 2 rings (SSSR count). The molecule has 17 heavy (non-hydrogen) atoms. The molecule has 0 aromatic carbocycles. The average molecular weight is 236 g/mol. The van der Waals surface area contributed by atoms with Crippen LogP contribution in [0.3, 0.4) is 0 Å². The Balaban J connectivity index is 2.35. The number of nitrogens with zero attached hydrogens (tertiary/aromatic N) is 3. The van der Waals surface area contributed by atoms with Crippen molar-refractivity contribution in [1.82, 2.24) is 20.3 Å². The SMILES string of the molecule is CC(C(=O)O)(c1ncncn1)C1CCNCC1. The normalized spacial score (nSPS) is 20.8. The lowest BCUT2D eigenvalue weighted by Crippen LogP contribution is -2.46. The van der Waals surface area contributed by atoms with Crippen molar-refractivity contribution in [3.05, 3.63) is 18.5 Å². The molecule has 1 atom stereocenters. The Bertz CT molecular complexity index is 392. The highest BCUT2D eigenvalue weighted by atomic mass is 16.4. The van der Waals surface area contributed by atoms with E-state index in [0.717, 1.165) is 25.9 Å². The van der Waals surface area contributed by atoms with Gasteiger partial charge in [0.2, 0.25) is 0 Å². The van der Waals surface area contributed by atoms with Gasteiger partial charge in [0.25, 0.3) is 0 Å². The highest BCUT2D eigenvalue weighted by Gasteiger charge is 2.45. The first-order valence-corrected chi connectivity index (χ1v) is 5.72. The predicted octanol–water partition coefficient (Wildman–Crippen LogP) is 0.213. The molecule has 6 nitrogen and oxygen atoms in total. The summed E-state index contributed by atoms with van der Waals surface area (Å²) in [5.74, 6) is -0.453. The molecule has 1 aliphatic heterocycles. The van der Waals surface area contributed by atoms with Crippen LogP contribution in [0.25, 0.3) is 0 Å². The third-order valence-corrected chi connectivity index (χ3v) is 3.56. The molecule has 1 aromatic rings. The Morgan fingerprint density at radius 2 is 2.00 bits per heavy atom. The van der Waals surface area contributed by atoms with E-state index < -0.39 is 11.4 Å². The minimum atomic E-state index is -1.02. The van der Waals surface area contributed by atoms with Gasteiger partial charge in [-0.2, -0.15) is 0 Å². The van der Waals surface area contributed by atoms with Crippen LogP contribution in [0.2, 0.25) is 0 Å². The minimum absolute atomic E-state index is 0.0589. The van der Waals surface area contributed by atoms with Crippen molar-refractivity contribution in [2.45, 2.75) is 25.2 Å². The fraction of sp³-hybridized carbons (Fsp3) is 0.636. The van der Waals surface area contributed by atoms with Gasteiger partial charge in [-0.05, 0) is 38.8 Å². The first-order valence-electron chi connectivity index (χ1n) is 5.72. The van der Waals surface area contributed by atoms with Gasteiger partial charge in [-0.25, -0.2) is 15.0 Å². The van der Waals surface area contributed by atoms with E-state index in [4.69, 9.17) is 0 Å². The second kappa shape index (κ2) is 4.75. The van der Waals surface area contributed by atoms with Gasteiger partial charge in [0, 0.05) is 0 Å². The first-order chi connectivity index (χ1) is 8.15. The summed E-state index contributed by atoms with van der Waals surface area (Å²) in [5.41, 5.74) is -1.02.